The van der Waals surface area contributed by atoms with E-state index in [0.717, 1.165) is 29.4 Å². The van der Waals surface area contributed by atoms with Gasteiger partial charge in [-0.1, -0.05) is 18.4 Å². The van der Waals surface area contributed by atoms with Crippen LogP contribution < -0.4 is 14.8 Å². The van der Waals surface area contributed by atoms with Crippen molar-refractivity contribution < 1.29 is 9.47 Å². The second-order valence-corrected chi connectivity index (χ2v) is 6.56. The molecule has 7 nitrogen and oxygen atoms in total. The number of benzene rings is 1. The molecule has 1 aromatic heterocycles. The molecule has 0 saturated heterocycles. The lowest BCUT2D eigenvalue weighted by Crippen LogP contribution is -2.10. The van der Waals surface area contributed by atoms with Crippen LogP contribution in [0.15, 0.2) is 16.6 Å². The van der Waals surface area contributed by atoms with Crippen LogP contribution in [-0.4, -0.2) is 33.4 Å². The van der Waals surface area contributed by atoms with E-state index in [1.807, 2.05) is 26.0 Å². The zero-order valence-electron chi connectivity index (χ0n) is 14.5. The van der Waals surface area contributed by atoms with Crippen molar-refractivity contribution in [3.8, 4) is 11.5 Å². The van der Waals surface area contributed by atoms with Crippen molar-refractivity contribution in [3.63, 3.8) is 0 Å². The van der Waals surface area contributed by atoms with Crippen molar-refractivity contribution in [2.45, 2.75) is 52.8 Å². The summed E-state index contributed by atoms with van der Waals surface area (Å²) in [5.74, 6) is 2.07. The Hall–Kier alpha value is -1.83. The number of unbranched alkanes of at least 4 members (excludes halogenated alkanes) is 1. The number of anilines is 1. The van der Waals surface area contributed by atoms with E-state index in [1.54, 1.807) is 11.8 Å². The van der Waals surface area contributed by atoms with Crippen LogP contribution >= 0.6 is 15.9 Å². The largest absolute Gasteiger partial charge is 0.493 e. The molecule has 0 aliphatic rings. The van der Waals surface area contributed by atoms with Crippen LogP contribution in [0.1, 0.15) is 39.2 Å². The molecule has 1 aromatic carbocycles. The van der Waals surface area contributed by atoms with E-state index >= 15 is 0 Å². The number of nitrogens with zero attached hydrogens (tertiary/aromatic N) is 4. The topological polar surface area (TPSA) is 74.1 Å². The van der Waals surface area contributed by atoms with Crippen LogP contribution in [0.4, 0.5) is 5.95 Å². The van der Waals surface area contributed by atoms with Crippen LogP contribution in [0.2, 0.25) is 0 Å². The van der Waals surface area contributed by atoms with Crippen LogP contribution in [0.25, 0.3) is 0 Å². The summed E-state index contributed by atoms with van der Waals surface area (Å²) < 4.78 is 13.9. The first kappa shape index (κ1) is 18.5. The summed E-state index contributed by atoms with van der Waals surface area (Å²) in [5, 5.41) is 15.0. The fourth-order valence-electron chi connectivity index (χ4n) is 2.20. The molecule has 0 aliphatic heterocycles. The lowest BCUT2D eigenvalue weighted by atomic mass is 10.2. The van der Waals surface area contributed by atoms with Gasteiger partial charge in [0.05, 0.1) is 17.7 Å². The molecule has 2 rings (SSSR count). The Morgan fingerprint density at radius 1 is 1.33 bits per heavy atom. The minimum atomic E-state index is 0.0716. The number of tetrazole rings is 1. The maximum Gasteiger partial charge on any atom is 0.243 e. The molecule has 2 aromatic rings. The Balaban J connectivity index is 2.10. The summed E-state index contributed by atoms with van der Waals surface area (Å²) in [6.07, 6.45) is 2.21. The Labute approximate surface area is 150 Å². The number of rotatable bonds is 9. The number of hydrogen-bond donors (Lipinski definition) is 1. The molecule has 0 unspecified atom stereocenters. The number of halogens is 1. The Morgan fingerprint density at radius 2 is 2.12 bits per heavy atom. The molecule has 0 bridgehead atoms. The van der Waals surface area contributed by atoms with Crippen molar-refractivity contribution in [2.24, 2.45) is 0 Å². The van der Waals surface area contributed by atoms with Crippen molar-refractivity contribution in [1.82, 2.24) is 20.2 Å². The van der Waals surface area contributed by atoms with Crippen LogP contribution in [0.5, 0.6) is 11.5 Å². The fraction of sp³-hybridized carbons (Fsp3) is 0.562. The minimum Gasteiger partial charge on any atom is -0.493 e. The fourth-order valence-corrected chi connectivity index (χ4v) is 2.78. The van der Waals surface area contributed by atoms with Crippen molar-refractivity contribution >= 4 is 21.9 Å². The molecular weight excluding hydrogens is 374 g/mol. The van der Waals surface area contributed by atoms with E-state index in [-0.39, 0.29) is 6.10 Å². The standard InChI is InChI=1S/C16H24BrN5O2/c1-5-6-7-22-16(19-20-21-22)18-10-12-8-13(17)15(24-11(2)3)14(9-12)23-4/h8-9,11H,5-7,10H2,1-4H3,(H,18,19,21). The monoisotopic (exact) mass is 397 g/mol. The van der Waals surface area contributed by atoms with Gasteiger partial charge in [0, 0.05) is 13.1 Å². The quantitative estimate of drug-likeness (QED) is 0.695. The first-order chi connectivity index (χ1) is 11.5. The predicted octanol–water partition coefficient (Wildman–Crippen LogP) is 3.64. The third-order valence-electron chi connectivity index (χ3n) is 3.35. The third-order valence-corrected chi connectivity index (χ3v) is 3.94. The lowest BCUT2D eigenvalue weighted by Gasteiger charge is -2.17. The van der Waals surface area contributed by atoms with E-state index in [9.17, 15) is 0 Å². The smallest absolute Gasteiger partial charge is 0.243 e. The second-order valence-electron chi connectivity index (χ2n) is 5.71. The molecule has 24 heavy (non-hydrogen) atoms. The zero-order chi connectivity index (χ0) is 17.5. The normalized spacial score (nSPS) is 10.9. The van der Waals surface area contributed by atoms with Gasteiger partial charge in [0.15, 0.2) is 11.5 Å². The van der Waals surface area contributed by atoms with Gasteiger partial charge < -0.3 is 14.8 Å². The highest BCUT2D eigenvalue weighted by atomic mass is 79.9. The zero-order valence-corrected chi connectivity index (χ0v) is 16.1. The third kappa shape index (κ3) is 4.83. The van der Waals surface area contributed by atoms with Crippen LogP contribution in [0.3, 0.4) is 0 Å². The van der Waals surface area contributed by atoms with E-state index in [4.69, 9.17) is 9.47 Å². The van der Waals surface area contributed by atoms with Gasteiger partial charge in [-0.05, 0) is 64.3 Å². The maximum absolute atomic E-state index is 5.81. The number of ether oxygens (including phenoxy) is 2. The molecule has 0 radical (unpaired) electrons. The highest BCUT2D eigenvalue weighted by Crippen LogP contribution is 2.37. The van der Waals surface area contributed by atoms with E-state index < -0.39 is 0 Å². The van der Waals surface area contributed by atoms with Crippen molar-refractivity contribution in [2.75, 3.05) is 12.4 Å². The molecule has 0 atom stereocenters. The molecule has 1 heterocycles. The molecule has 0 spiro atoms. The van der Waals surface area contributed by atoms with Gasteiger partial charge in [0.1, 0.15) is 0 Å². The van der Waals surface area contributed by atoms with Gasteiger partial charge in [-0.3, -0.25) is 0 Å². The highest BCUT2D eigenvalue weighted by molar-refractivity contribution is 9.10. The molecular formula is C16H24BrN5O2. The molecule has 0 saturated carbocycles. The molecule has 1 N–H and O–H groups in total. The lowest BCUT2D eigenvalue weighted by molar-refractivity contribution is 0.228. The Morgan fingerprint density at radius 3 is 2.79 bits per heavy atom. The summed E-state index contributed by atoms with van der Waals surface area (Å²) in [7, 11) is 1.64. The van der Waals surface area contributed by atoms with Gasteiger partial charge in [-0.15, -0.1) is 0 Å². The van der Waals surface area contributed by atoms with E-state index in [2.05, 4.69) is 43.7 Å². The molecule has 0 amide bonds. The van der Waals surface area contributed by atoms with E-state index in [1.165, 1.54) is 0 Å². The number of methoxy groups -OCH3 is 1. The average molecular weight is 398 g/mol. The number of hydrogen-bond acceptors (Lipinski definition) is 6. The maximum atomic E-state index is 5.81. The average Bonchev–Trinajstić information content (AvgIpc) is 3.00. The molecule has 8 heteroatoms. The van der Waals surface area contributed by atoms with Gasteiger partial charge in [-0.2, -0.15) is 0 Å². The number of aromatic nitrogens is 4. The SMILES string of the molecule is CCCCn1nnnc1NCc1cc(Br)c(OC(C)C)c(OC)c1. The summed E-state index contributed by atoms with van der Waals surface area (Å²) in [5.41, 5.74) is 1.04. The summed E-state index contributed by atoms with van der Waals surface area (Å²) in [6.45, 7) is 7.50. The molecule has 0 fully saturated rings. The van der Waals surface area contributed by atoms with Gasteiger partial charge in [0.25, 0.3) is 0 Å². The van der Waals surface area contributed by atoms with Gasteiger partial charge >= 0.3 is 0 Å². The molecule has 0 aliphatic carbocycles. The number of nitrogens with one attached hydrogen (secondary N) is 1. The second kappa shape index (κ2) is 8.86. The number of aryl methyl sites for hydroxylation is 1. The first-order valence-corrected chi connectivity index (χ1v) is 8.87. The van der Waals surface area contributed by atoms with Crippen molar-refractivity contribution in [1.29, 1.82) is 0 Å². The first-order valence-electron chi connectivity index (χ1n) is 8.08. The van der Waals surface area contributed by atoms with Gasteiger partial charge in [-0.25, -0.2) is 4.68 Å². The van der Waals surface area contributed by atoms with Crippen molar-refractivity contribution in [3.05, 3.63) is 22.2 Å². The summed E-state index contributed by atoms with van der Waals surface area (Å²) in [4.78, 5) is 0. The highest BCUT2D eigenvalue weighted by Gasteiger charge is 2.14. The Bertz CT molecular complexity index is 660. The van der Waals surface area contributed by atoms with Crippen LogP contribution in [-0.2, 0) is 13.1 Å². The Kier molecular flexibility index (Phi) is 6.84. The minimum absolute atomic E-state index is 0.0716. The van der Waals surface area contributed by atoms with Crippen LogP contribution in [0, 0.1) is 0 Å². The predicted molar refractivity (Wildman–Crippen MR) is 96.5 cm³/mol. The summed E-state index contributed by atoms with van der Waals surface area (Å²) >= 11 is 3.56. The van der Waals surface area contributed by atoms with E-state index in [0.29, 0.717) is 24.0 Å². The molecule has 132 valence electrons. The summed E-state index contributed by atoms with van der Waals surface area (Å²) in [6, 6.07) is 3.96. The van der Waals surface area contributed by atoms with Gasteiger partial charge in [0.2, 0.25) is 5.95 Å².